The minimum Gasteiger partial charge on any atom is -0.493 e. The van der Waals surface area contributed by atoms with Gasteiger partial charge in [0.25, 0.3) is 0 Å². The molecule has 0 bridgehead atoms. The number of ether oxygens (including phenoxy) is 4. The normalized spacial score (nSPS) is 11.9. The molecular weight excluding hydrogens is 400 g/mol. The number of hydrogen-bond acceptors (Lipinski definition) is 10. The fourth-order valence-electron chi connectivity index (χ4n) is 3.20. The number of aromatic nitrogens is 4. The molecule has 0 saturated carbocycles. The number of hydrogen-bond donors (Lipinski definition) is 2. The quantitative estimate of drug-likeness (QED) is 0.481. The van der Waals surface area contributed by atoms with E-state index >= 15 is 0 Å². The van der Waals surface area contributed by atoms with Gasteiger partial charge in [-0.3, -0.25) is 0 Å². The van der Waals surface area contributed by atoms with Crippen LogP contribution < -0.4 is 29.6 Å². The van der Waals surface area contributed by atoms with Crippen molar-refractivity contribution in [1.29, 1.82) is 0 Å². The first-order valence-corrected chi connectivity index (χ1v) is 9.37. The molecular formula is C21H18N6O4. The van der Waals surface area contributed by atoms with Crippen LogP contribution in [0.5, 0.6) is 23.0 Å². The third-order valence-electron chi connectivity index (χ3n) is 4.66. The van der Waals surface area contributed by atoms with E-state index in [0.29, 0.717) is 46.1 Å². The molecule has 10 nitrogen and oxygen atoms in total. The molecule has 3 heterocycles. The van der Waals surface area contributed by atoms with E-state index in [0.717, 1.165) is 11.1 Å². The summed E-state index contributed by atoms with van der Waals surface area (Å²) in [4.78, 5) is 17.4. The minimum atomic E-state index is 0.208. The monoisotopic (exact) mass is 418 g/mol. The van der Waals surface area contributed by atoms with E-state index in [1.165, 1.54) is 6.33 Å². The average molecular weight is 418 g/mol. The van der Waals surface area contributed by atoms with Crippen LogP contribution >= 0.6 is 0 Å². The number of nitrogens with zero attached hydrogens (tertiary/aromatic N) is 4. The first-order chi connectivity index (χ1) is 15.2. The highest BCUT2D eigenvalue weighted by molar-refractivity contribution is 5.94. The van der Waals surface area contributed by atoms with E-state index in [-0.39, 0.29) is 6.79 Å². The highest BCUT2D eigenvalue weighted by Crippen LogP contribution is 2.38. The van der Waals surface area contributed by atoms with Crippen molar-refractivity contribution in [2.45, 2.75) is 0 Å². The largest absolute Gasteiger partial charge is 0.493 e. The van der Waals surface area contributed by atoms with Crippen LogP contribution in [0.2, 0.25) is 0 Å². The first-order valence-electron chi connectivity index (χ1n) is 9.37. The molecule has 0 amide bonds. The molecule has 10 heteroatoms. The van der Waals surface area contributed by atoms with Crippen molar-refractivity contribution in [2.24, 2.45) is 0 Å². The average Bonchev–Trinajstić information content (AvgIpc) is 3.27. The number of rotatable bonds is 6. The van der Waals surface area contributed by atoms with E-state index in [1.807, 2.05) is 24.3 Å². The van der Waals surface area contributed by atoms with Crippen LogP contribution in [0.15, 0.2) is 48.9 Å². The molecule has 4 aromatic rings. The van der Waals surface area contributed by atoms with Gasteiger partial charge < -0.3 is 29.6 Å². The molecule has 0 saturated heterocycles. The Kier molecular flexibility index (Phi) is 4.71. The Bertz CT molecular complexity index is 1250. The highest BCUT2D eigenvalue weighted by Gasteiger charge is 2.17. The van der Waals surface area contributed by atoms with E-state index in [9.17, 15) is 0 Å². The summed E-state index contributed by atoms with van der Waals surface area (Å²) >= 11 is 0. The standard InChI is InChI=1S/C21H18N6O4/c1-28-16-8-13-14(9-17(16)29-2)25-21(26-19-5-6-22-10-23-19)27-20(13)24-12-3-4-15-18(7-12)31-11-30-15/h3-10H,11H2,1-2H3,(H2,22,23,24,25,26,27). The SMILES string of the molecule is COc1cc2nc(Nc3ccncn3)nc(Nc3ccc4c(c3)OCO4)c2cc1OC. The molecule has 31 heavy (non-hydrogen) atoms. The second kappa shape index (κ2) is 7.82. The summed E-state index contributed by atoms with van der Waals surface area (Å²) in [5.41, 5.74) is 1.44. The molecule has 0 aliphatic carbocycles. The van der Waals surface area contributed by atoms with E-state index in [2.05, 4.69) is 30.6 Å². The lowest BCUT2D eigenvalue weighted by molar-refractivity contribution is 0.174. The zero-order chi connectivity index (χ0) is 21.2. The Morgan fingerprint density at radius 1 is 0.903 bits per heavy atom. The second-order valence-electron chi connectivity index (χ2n) is 6.53. The number of benzene rings is 2. The van der Waals surface area contributed by atoms with E-state index in [4.69, 9.17) is 18.9 Å². The summed E-state index contributed by atoms with van der Waals surface area (Å²) in [6, 6.07) is 10.9. The predicted molar refractivity (Wildman–Crippen MR) is 114 cm³/mol. The molecule has 1 aliphatic heterocycles. The smallest absolute Gasteiger partial charge is 0.231 e. The molecule has 2 aromatic carbocycles. The van der Waals surface area contributed by atoms with Crippen LogP contribution in [-0.2, 0) is 0 Å². The lowest BCUT2D eigenvalue weighted by atomic mass is 10.2. The van der Waals surface area contributed by atoms with Gasteiger partial charge in [0.15, 0.2) is 23.0 Å². The number of methoxy groups -OCH3 is 2. The van der Waals surface area contributed by atoms with Crippen LogP contribution in [0.1, 0.15) is 0 Å². The minimum absolute atomic E-state index is 0.208. The van der Waals surface area contributed by atoms with Crippen LogP contribution in [0.4, 0.5) is 23.3 Å². The van der Waals surface area contributed by atoms with Gasteiger partial charge in [0.1, 0.15) is 18.0 Å². The van der Waals surface area contributed by atoms with Crippen molar-refractivity contribution in [3.8, 4) is 23.0 Å². The lowest BCUT2D eigenvalue weighted by Gasteiger charge is -2.14. The Balaban J connectivity index is 1.60. The van der Waals surface area contributed by atoms with Gasteiger partial charge in [-0.25, -0.2) is 15.0 Å². The van der Waals surface area contributed by atoms with Gasteiger partial charge in [-0.05, 0) is 24.3 Å². The van der Waals surface area contributed by atoms with Crippen LogP contribution in [0, 0.1) is 0 Å². The molecule has 0 atom stereocenters. The molecule has 0 radical (unpaired) electrons. The van der Waals surface area contributed by atoms with Crippen molar-refractivity contribution in [3.63, 3.8) is 0 Å². The van der Waals surface area contributed by atoms with Gasteiger partial charge in [-0.2, -0.15) is 4.98 Å². The summed E-state index contributed by atoms with van der Waals surface area (Å²) in [6.07, 6.45) is 3.08. The maximum atomic E-state index is 5.48. The molecule has 0 unspecified atom stereocenters. The summed E-state index contributed by atoms with van der Waals surface area (Å²) < 4.78 is 21.8. The first kappa shape index (κ1) is 18.7. The zero-order valence-corrected chi connectivity index (χ0v) is 16.7. The number of fused-ring (bicyclic) bond motifs is 2. The fraction of sp³-hybridized carbons (Fsp3) is 0.143. The van der Waals surface area contributed by atoms with Crippen molar-refractivity contribution >= 4 is 34.2 Å². The van der Waals surface area contributed by atoms with E-state index < -0.39 is 0 Å². The molecule has 0 fully saturated rings. The van der Waals surface area contributed by atoms with Crippen LogP contribution in [0.3, 0.4) is 0 Å². The molecule has 156 valence electrons. The van der Waals surface area contributed by atoms with Gasteiger partial charge in [0.2, 0.25) is 12.7 Å². The molecule has 5 rings (SSSR count). The predicted octanol–water partition coefficient (Wildman–Crippen LogP) is 3.65. The molecule has 1 aliphatic rings. The molecule has 2 N–H and O–H groups in total. The summed E-state index contributed by atoms with van der Waals surface area (Å²) in [5.74, 6) is 4.02. The highest BCUT2D eigenvalue weighted by atomic mass is 16.7. The Labute approximate surface area is 177 Å². The van der Waals surface area contributed by atoms with E-state index in [1.54, 1.807) is 32.5 Å². The van der Waals surface area contributed by atoms with Crippen molar-refractivity contribution in [1.82, 2.24) is 19.9 Å². The lowest BCUT2D eigenvalue weighted by Crippen LogP contribution is -2.04. The third kappa shape index (κ3) is 3.66. The Hall–Kier alpha value is -4.34. The number of anilines is 4. The zero-order valence-electron chi connectivity index (χ0n) is 16.7. The maximum absolute atomic E-state index is 5.48. The Morgan fingerprint density at radius 2 is 1.74 bits per heavy atom. The van der Waals surface area contributed by atoms with Crippen LogP contribution in [0.25, 0.3) is 10.9 Å². The molecule has 2 aromatic heterocycles. The maximum Gasteiger partial charge on any atom is 0.231 e. The van der Waals surface area contributed by atoms with Crippen molar-refractivity contribution < 1.29 is 18.9 Å². The fourth-order valence-corrected chi connectivity index (χ4v) is 3.20. The summed E-state index contributed by atoms with van der Waals surface area (Å²) in [6.45, 7) is 0.208. The Morgan fingerprint density at radius 3 is 2.55 bits per heavy atom. The van der Waals surface area contributed by atoms with Crippen LogP contribution in [-0.4, -0.2) is 40.9 Å². The van der Waals surface area contributed by atoms with Gasteiger partial charge in [-0.15, -0.1) is 0 Å². The van der Waals surface area contributed by atoms with Gasteiger partial charge in [0, 0.05) is 29.4 Å². The summed E-state index contributed by atoms with van der Waals surface area (Å²) in [7, 11) is 3.16. The topological polar surface area (TPSA) is 113 Å². The summed E-state index contributed by atoms with van der Waals surface area (Å²) in [5, 5.41) is 7.19. The van der Waals surface area contributed by atoms with Gasteiger partial charge in [-0.1, -0.05) is 0 Å². The van der Waals surface area contributed by atoms with Gasteiger partial charge >= 0.3 is 0 Å². The third-order valence-corrected chi connectivity index (χ3v) is 4.66. The van der Waals surface area contributed by atoms with Gasteiger partial charge in [0.05, 0.1) is 19.7 Å². The van der Waals surface area contributed by atoms with Crippen molar-refractivity contribution in [3.05, 3.63) is 48.9 Å². The van der Waals surface area contributed by atoms with Crippen molar-refractivity contribution in [2.75, 3.05) is 31.6 Å². The molecule has 0 spiro atoms. The second-order valence-corrected chi connectivity index (χ2v) is 6.53. The number of nitrogens with one attached hydrogen (secondary N) is 2.